The van der Waals surface area contributed by atoms with E-state index in [1.165, 1.54) is 0 Å². The summed E-state index contributed by atoms with van der Waals surface area (Å²) >= 11 is 0. The molecule has 0 spiro atoms. The van der Waals surface area contributed by atoms with Crippen LogP contribution in [0, 0.1) is 0 Å². The van der Waals surface area contributed by atoms with E-state index in [1.807, 2.05) is 0 Å². The molecular weight excluding hydrogens is 196 g/mol. The van der Waals surface area contributed by atoms with Gasteiger partial charge in [-0.3, -0.25) is 0 Å². The molecule has 0 radical (unpaired) electrons. The first kappa shape index (κ1) is 14.1. The van der Waals surface area contributed by atoms with Crippen LogP contribution in [-0.4, -0.2) is 36.0 Å². The van der Waals surface area contributed by atoms with Gasteiger partial charge in [0.25, 0.3) is 0 Å². The summed E-state index contributed by atoms with van der Waals surface area (Å²) in [5.74, 6) is -0.957. The minimum Gasteiger partial charge on any atom is -0.478 e. The van der Waals surface area contributed by atoms with Gasteiger partial charge >= 0.3 is 5.97 Å². The van der Waals surface area contributed by atoms with E-state index in [-0.39, 0.29) is 12.2 Å². The van der Waals surface area contributed by atoms with Crippen LogP contribution in [0.25, 0.3) is 0 Å². The minimum atomic E-state index is -0.957. The molecule has 4 nitrogen and oxygen atoms in total. The molecule has 15 heavy (non-hydrogen) atoms. The number of rotatable bonds is 10. The highest BCUT2D eigenvalue weighted by Gasteiger charge is 2.02. The summed E-state index contributed by atoms with van der Waals surface area (Å²) in [4.78, 5) is 10.4. The van der Waals surface area contributed by atoms with Crippen molar-refractivity contribution in [2.24, 2.45) is 0 Å². The lowest BCUT2D eigenvalue weighted by atomic mass is 10.2. The van der Waals surface area contributed by atoms with Gasteiger partial charge in [0.15, 0.2) is 0 Å². The average molecular weight is 216 g/mol. The van der Waals surface area contributed by atoms with E-state index in [2.05, 4.69) is 6.58 Å². The van der Waals surface area contributed by atoms with Crippen molar-refractivity contribution in [3.63, 3.8) is 0 Å². The van der Waals surface area contributed by atoms with E-state index in [4.69, 9.17) is 14.9 Å². The second-order valence-electron chi connectivity index (χ2n) is 3.41. The quantitative estimate of drug-likeness (QED) is 0.430. The van der Waals surface area contributed by atoms with Gasteiger partial charge in [0.1, 0.15) is 0 Å². The highest BCUT2D eigenvalue weighted by atomic mass is 16.5. The largest absolute Gasteiger partial charge is 0.478 e. The van der Waals surface area contributed by atoms with Gasteiger partial charge < -0.3 is 14.9 Å². The van der Waals surface area contributed by atoms with Crippen LogP contribution in [0.1, 0.15) is 32.1 Å². The molecule has 0 bridgehead atoms. The van der Waals surface area contributed by atoms with Crippen LogP contribution in [0.4, 0.5) is 0 Å². The fraction of sp³-hybridized carbons (Fsp3) is 0.727. The number of carboxylic acid groups (broad SMARTS) is 1. The van der Waals surface area contributed by atoms with Gasteiger partial charge in [-0.15, -0.1) is 0 Å². The maximum Gasteiger partial charge on any atom is 0.331 e. The SMILES string of the molecule is C=C(CCOCCCCCCO)C(=O)O. The van der Waals surface area contributed by atoms with Gasteiger partial charge in [-0.25, -0.2) is 4.79 Å². The van der Waals surface area contributed by atoms with Gasteiger partial charge in [0, 0.05) is 25.2 Å². The fourth-order valence-electron chi connectivity index (χ4n) is 1.07. The first-order chi connectivity index (χ1) is 7.18. The van der Waals surface area contributed by atoms with E-state index in [0.29, 0.717) is 19.6 Å². The Morgan fingerprint density at radius 2 is 1.80 bits per heavy atom. The zero-order valence-corrected chi connectivity index (χ0v) is 9.07. The number of aliphatic hydroxyl groups is 1. The second-order valence-corrected chi connectivity index (χ2v) is 3.41. The number of hydrogen-bond donors (Lipinski definition) is 2. The summed E-state index contributed by atoms with van der Waals surface area (Å²) in [6, 6.07) is 0. The molecule has 0 unspecified atom stereocenters. The molecule has 0 saturated carbocycles. The molecule has 0 rings (SSSR count). The normalized spacial score (nSPS) is 10.2. The lowest BCUT2D eigenvalue weighted by molar-refractivity contribution is -0.132. The molecule has 2 N–H and O–H groups in total. The molecule has 0 atom stereocenters. The molecule has 0 amide bonds. The zero-order chi connectivity index (χ0) is 11.5. The predicted octanol–water partition coefficient (Wildman–Crippen LogP) is 1.59. The summed E-state index contributed by atoms with van der Waals surface area (Å²) < 4.78 is 5.25. The van der Waals surface area contributed by atoms with Crippen LogP contribution in [0.15, 0.2) is 12.2 Å². The highest BCUT2D eigenvalue weighted by molar-refractivity contribution is 5.85. The fourth-order valence-corrected chi connectivity index (χ4v) is 1.07. The summed E-state index contributed by atoms with van der Waals surface area (Å²) in [5, 5.41) is 17.0. The smallest absolute Gasteiger partial charge is 0.331 e. The molecule has 0 aliphatic rings. The lowest BCUT2D eigenvalue weighted by Gasteiger charge is -2.03. The van der Waals surface area contributed by atoms with Crippen LogP contribution in [0.3, 0.4) is 0 Å². The number of carboxylic acids is 1. The Bertz CT molecular complexity index is 189. The van der Waals surface area contributed by atoms with Crippen molar-refractivity contribution >= 4 is 5.97 Å². The van der Waals surface area contributed by atoms with Crippen molar-refractivity contribution in [3.05, 3.63) is 12.2 Å². The van der Waals surface area contributed by atoms with Crippen molar-refractivity contribution in [1.29, 1.82) is 0 Å². The van der Waals surface area contributed by atoms with E-state index >= 15 is 0 Å². The van der Waals surface area contributed by atoms with Crippen LogP contribution < -0.4 is 0 Å². The third kappa shape index (κ3) is 9.43. The molecular formula is C11H20O4. The van der Waals surface area contributed by atoms with Gasteiger partial charge in [0.05, 0.1) is 6.61 Å². The van der Waals surface area contributed by atoms with Crippen LogP contribution in [0.5, 0.6) is 0 Å². The Hall–Kier alpha value is -0.870. The molecule has 0 aliphatic carbocycles. The van der Waals surface area contributed by atoms with Crippen molar-refractivity contribution in [2.45, 2.75) is 32.1 Å². The van der Waals surface area contributed by atoms with E-state index < -0.39 is 5.97 Å². The molecule has 0 aliphatic heterocycles. The van der Waals surface area contributed by atoms with Gasteiger partial charge in [-0.2, -0.15) is 0 Å². The summed E-state index contributed by atoms with van der Waals surface area (Å²) in [5.41, 5.74) is 0.190. The molecule has 4 heteroatoms. The summed E-state index contributed by atoms with van der Waals surface area (Å²) in [6.07, 6.45) is 4.24. The molecule has 0 fully saturated rings. The maximum atomic E-state index is 10.4. The Balaban J connectivity index is 3.11. The number of carbonyl (C=O) groups is 1. The number of ether oxygens (including phenoxy) is 1. The van der Waals surface area contributed by atoms with Crippen molar-refractivity contribution in [1.82, 2.24) is 0 Å². The molecule has 0 heterocycles. The Morgan fingerprint density at radius 1 is 1.13 bits per heavy atom. The number of aliphatic carboxylic acids is 1. The third-order valence-electron chi connectivity index (χ3n) is 2.05. The molecule has 88 valence electrons. The van der Waals surface area contributed by atoms with Gasteiger partial charge in [0.2, 0.25) is 0 Å². The van der Waals surface area contributed by atoms with Crippen molar-refractivity contribution in [2.75, 3.05) is 19.8 Å². The van der Waals surface area contributed by atoms with E-state index in [1.54, 1.807) is 0 Å². The van der Waals surface area contributed by atoms with Crippen LogP contribution in [0.2, 0.25) is 0 Å². The molecule has 0 aromatic carbocycles. The number of aliphatic hydroxyl groups excluding tert-OH is 1. The number of hydrogen-bond acceptors (Lipinski definition) is 3. The Kier molecular flexibility index (Phi) is 9.11. The topological polar surface area (TPSA) is 66.8 Å². The van der Waals surface area contributed by atoms with Gasteiger partial charge in [-0.05, 0) is 12.8 Å². The molecule has 0 aromatic rings. The summed E-state index contributed by atoms with van der Waals surface area (Å²) in [6.45, 7) is 4.73. The number of unbranched alkanes of at least 4 members (excludes halogenated alkanes) is 3. The van der Waals surface area contributed by atoms with E-state index in [9.17, 15) is 4.79 Å². The Labute approximate surface area is 90.6 Å². The third-order valence-corrected chi connectivity index (χ3v) is 2.05. The average Bonchev–Trinajstić information content (AvgIpc) is 2.21. The second kappa shape index (κ2) is 9.68. The Morgan fingerprint density at radius 3 is 2.40 bits per heavy atom. The van der Waals surface area contributed by atoms with Gasteiger partial charge in [-0.1, -0.05) is 19.4 Å². The first-order valence-corrected chi connectivity index (χ1v) is 5.28. The maximum absolute atomic E-state index is 10.4. The summed E-state index contributed by atoms with van der Waals surface area (Å²) in [7, 11) is 0. The molecule has 0 saturated heterocycles. The zero-order valence-electron chi connectivity index (χ0n) is 9.07. The van der Waals surface area contributed by atoms with E-state index in [0.717, 1.165) is 25.7 Å². The first-order valence-electron chi connectivity index (χ1n) is 5.28. The van der Waals surface area contributed by atoms with Crippen molar-refractivity contribution < 1.29 is 19.7 Å². The lowest BCUT2D eigenvalue weighted by Crippen LogP contribution is -2.04. The standard InChI is InChI=1S/C11H20O4/c1-10(11(13)14)6-9-15-8-5-3-2-4-7-12/h12H,1-9H2,(H,13,14). The van der Waals surface area contributed by atoms with Crippen molar-refractivity contribution in [3.8, 4) is 0 Å². The molecule has 0 aromatic heterocycles. The van der Waals surface area contributed by atoms with Crippen LogP contribution in [-0.2, 0) is 9.53 Å². The monoisotopic (exact) mass is 216 g/mol. The minimum absolute atomic E-state index is 0.190. The van der Waals surface area contributed by atoms with Crippen LogP contribution >= 0.6 is 0 Å². The highest BCUT2D eigenvalue weighted by Crippen LogP contribution is 2.01. The predicted molar refractivity (Wildman–Crippen MR) is 57.8 cm³/mol.